The fourth-order valence-corrected chi connectivity index (χ4v) is 4.63. The van der Waals surface area contributed by atoms with Gasteiger partial charge in [0, 0.05) is 5.41 Å². The van der Waals surface area contributed by atoms with Crippen LogP contribution >= 0.6 is 0 Å². The smallest absolute Gasteiger partial charge is 0.0964 e. The predicted molar refractivity (Wildman–Crippen MR) is 92.5 cm³/mol. The van der Waals surface area contributed by atoms with Gasteiger partial charge in [-0.25, -0.2) is 0 Å². The predicted octanol–water partition coefficient (Wildman–Crippen LogP) is 5.84. The third-order valence-electron chi connectivity index (χ3n) is 5.65. The van der Waals surface area contributed by atoms with E-state index in [1.807, 2.05) is 38.5 Å². The monoisotopic (exact) mass is 306 g/mol. The molecule has 126 valence electrons. The Morgan fingerprint density at radius 2 is 1.41 bits per heavy atom. The molecule has 2 aliphatic carbocycles. The van der Waals surface area contributed by atoms with E-state index in [0.717, 1.165) is 25.0 Å². The van der Waals surface area contributed by atoms with E-state index >= 15 is 0 Å². The molecule has 0 amide bonds. The van der Waals surface area contributed by atoms with Gasteiger partial charge in [0.15, 0.2) is 0 Å². The van der Waals surface area contributed by atoms with Gasteiger partial charge >= 0.3 is 0 Å². The third kappa shape index (κ3) is 4.54. The average molecular weight is 306 g/mol. The Kier molecular flexibility index (Phi) is 7.35. The highest BCUT2D eigenvalue weighted by atomic mass is 16.5. The van der Waals surface area contributed by atoms with Crippen molar-refractivity contribution in [1.29, 1.82) is 0 Å². The molecule has 2 nitrogen and oxygen atoms in total. The molecule has 0 aliphatic heterocycles. The summed E-state index contributed by atoms with van der Waals surface area (Å²) in [4.78, 5) is 0. The molecule has 1 unspecified atom stereocenters. The maximum atomic E-state index is 5.89. The van der Waals surface area contributed by atoms with E-state index in [0.29, 0.717) is 0 Å². The van der Waals surface area contributed by atoms with E-state index in [-0.39, 0.29) is 5.41 Å². The Hall–Kier alpha value is -0.920. The summed E-state index contributed by atoms with van der Waals surface area (Å²) in [6.07, 6.45) is 20.1. The molecule has 0 saturated heterocycles. The molecule has 1 atom stereocenters. The molecule has 0 aromatic rings. The number of ether oxygens (including phenoxy) is 2. The molecule has 0 radical (unpaired) electrons. The van der Waals surface area contributed by atoms with Gasteiger partial charge in [0.05, 0.1) is 25.7 Å². The lowest BCUT2D eigenvalue weighted by atomic mass is 9.60. The summed E-state index contributed by atoms with van der Waals surface area (Å²) in [6, 6.07) is 0. The van der Waals surface area contributed by atoms with Crippen LogP contribution in [-0.4, -0.2) is 13.2 Å². The van der Waals surface area contributed by atoms with Crippen LogP contribution in [-0.2, 0) is 9.47 Å². The van der Waals surface area contributed by atoms with E-state index in [4.69, 9.17) is 9.47 Å². The second kappa shape index (κ2) is 9.27. The second-order valence-electron chi connectivity index (χ2n) is 7.17. The number of rotatable bonds is 7. The summed E-state index contributed by atoms with van der Waals surface area (Å²) in [5, 5.41) is 0. The van der Waals surface area contributed by atoms with E-state index in [1.165, 1.54) is 57.8 Å². The highest BCUT2D eigenvalue weighted by molar-refractivity contribution is 4.95. The van der Waals surface area contributed by atoms with Crippen LogP contribution in [0, 0.1) is 17.3 Å². The Morgan fingerprint density at radius 1 is 0.818 bits per heavy atom. The summed E-state index contributed by atoms with van der Waals surface area (Å²) in [7, 11) is 0. The standard InChI is InChI=1S/C20H34O2/c1-3-14-21-16-20(17-22-15-4-2)13-9-8-12-19(20)18-10-6-5-7-11-18/h3-4,14-15,18-19H,5-13,16-17H2,1-2H3. The lowest BCUT2D eigenvalue weighted by molar-refractivity contribution is -0.0613. The van der Waals surface area contributed by atoms with Gasteiger partial charge in [-0.15, -0.1) is 0 Å². The van der Waals surface area contributed by atoms with E-state index in [9.17, 15) is 0 Å². The Bertz CT molecular complexity index is 337. The third-order valence-corrected chi connectivity index (χ3v) is 5.65. The Morgan fingerprint density at radius 3 is 2.00 bits per heavy atom. The van der Waals surface area contributed by atoms with Gasteiger partial charge in [0.2, 0.25) is 0 Å². The minimum absolute atomic E-state index is 0.208. The summed E-state index contributed by atoms with van der Waals surface area (Å²) in [5.74, 6) is 1.66. The topological polar surface area (TPSA) is 18.5 Å². The zero-order valence-electron chi connectivity index (χ0n) is 14.6. The van der Waals surface area contributed by atoms with Gasteiger partial charge in [0.25, 0.3) is 0 Å². The summed E-state index contributed by atoms with van der Waals surface area (Å²) in [6.45, 7) is 5.66. The van der Waals surface area contributed by atoms with Crippen molar-refractivity contribution in [2.45, 2.75) is 71.6 Å². The highest BCUT2D eigenvalue weighted by Gasteiger charge is 2.45. The zero-order chi connectivity index (χ0) is 15.7. The fourth-order valence-electron chi connectivity index (χ4n) is 4.63. The Balaban J connectivity index is 2.11. The summed E-state index contributed by atoms with van der Waals surface area (Å²) in [5.41, 5.74) is 0.208. The summed E-state index contributed by atoms with van der Waals surface area (Å²) < 4.78 is 11.8. The van der Waals surface area contributed by atoms with Gasteiger partial charge in [0.1, 0.15) is 0 Å². The molecule has 0 N–H and O–H groups in total. The van der Waals surface area contributed by atoms with E-state index < -0.39 is 0 Å². The van der Waals surface area contributed by atoms with Crippen LogP contribution in [0.4, 0.5) is 0 Å². The van der Waals surface area contributed by atoms with Crippen molar-refractivity contribution in [1.82, 2.24) is 0 Å². The van der Waals surface area contributed by atoms with Crippen molar-refractivity contribution < 1.29 is 9.47 Å². The van der Waals surface area contributed by atoms with Gasteiger partial charge in [-0.2, -0.15) is 0 Å². The van der Waals surface area contributed by atoms with Crippen LogP contribution in [0.1, 0.15) is 71.6 Å². The summed E-state index contributed by atoms with van der Waals surface area (Å²) >= 11 is 0. The zero-order valence-corrected chi connectivity index (χ0v) is 14.6. The van der Waals surface area contributed by atoms with Crippen LogP contribution in [0.25, 0.3) is 0 Å². The van der Waals surface area contributed by atoms with Crippen LogP contribution in [0.15, 0.2) is 24.7 Å². The lowest BCUT2D eigenvalue weighted by Gasteiger charge is -2.47. The SMILES string of the molecule is CC=COCC1(COC=CC)CCCCC1C1CCCCC1. The Labute approximate surface area is 137 Å². The lowest BCUT2D eigenvalue weighted by Crippen LogP contribution is -2.45. The average Bonchev–Trinajstić information content (AvgIpc) is 2.57. The molecule has 2 saturated carbocycles. The van der Waals surface area contributed by atoms with Crippen molar-refractivity contribution in [3.8, 4) is 0 Å². The molecule has 2 fully saturated rings. The van der Waals surface area contributed by atoms with Gasteiger partial charge in [-0.3, -0.25) is 0 Å². The van der Waals surface area contributed by atoms with E-state index in [2.05, 4.69) is 0 Å². The molecule has 0 bridgehead atoms. The van der Waals surface area contributed by atoms with Crippen molar-refractivity contribution in [3.05, 3.63) is 24.7 Å². The number of hydrogen-bond acceptors (Lipinski definition) is 2. The fraction of sp³-hybridized carbons (Fsp3) is 0.800. The normalized spacial score (nSPS) is 30.9. The van der Waals surface area contributed by atoms with Crippen molar-refractivity contribution in [3.63, 3.8) is 0 Å². The minimum Gasteiger partial charge on any atom is -0.501 e. The maximum absolute atomic E-state index is 5.89. The van der Waals surface area contributed by atoms with Crippen LogP contribution < -0.4 is 0 Å². The molecule has 0 heterocycles. The van der Waals surface area contributed by atoms with Gasteiger partial charge in [-0.1, -0.05) is 57.1 Å². The van der Waals surface area contributed by atoms with Crippen LogP contribution in [0.2, 0.25) is 0 Å². The first-order valence-corrected chi connectivity index (χ1v) is 9.28. The molecular formula is C20H34O2. The highest BCUT2D eigenvalue weighted by Crippen LogP contribution is 2.49. The first-order chi connectivity index (χ1) is 10.8. The minimum atomic E-state index is 0.208. The van der Waals surface area contributed by atoms with Crippen molar-refractivity contribution >= 4 is 0 Å². The molecule has 2 heteroatoms. The van der Waals surface area contributed by atoms with Crippen molar-refractivity contribution in [2.24, 2.45) is 17.3 Å². The van der Waals surface area contributed by atoms with Crippen LogP contribution in [0.3, 0.4) is 0 Å². The van der Waals surface area contributed by atoms with E-state index in [1.54, 1.807) is 0 Å². The second-order valence-corrected chi connectivity index (χ2v) is 7.17. The maximum Gasteiger partial charge on any atom is 0.0964 e. The van der Waals surface area contributed by atoms with Gasteiger partial charge in [-0.05, 0) is 38.5 Å². The van der Waals surface area contributed by atoms with Crippen molar-refractivity contribution in [2.75, 3.05) is 13.2 Å². The quantitative estimate of drug-likeness (QED) is 0.550. The van der Waals surface area contributed by atoms with Crippen LogP contribution in [0.5, 0.6) is 0 Å². The number of allylic oxidation sites excluding steroid dienone is 2. The first kappa shape index (κ1) is 17.4. The van der Waals surface area contributed by atoms with Gasteiger partial charge < -0.3 is 9.47 Å². The molecule has 2 aliphatic rings. The first-order valence-electron chi connectivity index (χ1n) is 9.28. The molecule has 0 aromatic carbocycles. The molecule has 2 rings (SSSR count). The molecule has 22 heavy (non-hydrogen) atoms. The molecule has 0 aromatic heterocycles. The molecule has 0 spiro atoms. The largest absolute Gasteiger partial charge is 0.501 e. The number of hydrogen-bond donors (Lipinski definition) is 0. The molecular weight excluding hydrogens is 272 g/mol.